The normalized spacial score (nSPS) is 10.2. The minimum atomic E-state index is 0.241. The molecule has 0 heterocycles. The van der Waals surface area contributed by atoms with Crippen molar-refractivity contribution in [3.63, 3.8) is 0 Å². The largest absolute Gasteiger partial charge is 0.491 e. The Labute approximate surface area is 79.9 Å². The molecule has 1 rings (SSSR count). The van der Waals surface area contributed by atoms with E-state index in [1.165, 1.54) is 0 Å². The summed E-state index contributed by atoms with van der Waals surface area (Å²) in [6, 6.07) is 8.03. The lowest BCUT2D eigenvalue weighted by Crippen LogP contribution is -2.05. The monoisotopic (exact) mass is 179 g/mol. The van der Waals surface area contributed by atoms with E-state index in [1.807, 2.05) is 38.1 Å². The van der Waals surface area contributed by atoms with Gasteiger partial charge in [-0.25, -0.2) is 0 Å². The van der Waals surface area contributed by atoms with Crippen molar-refractivity contribution in [1.29, 1.82) is 0 Å². The van der Waals surface area contributed by atoms with Crippen LogP contribution in [0, 0.1) is 0 Å². The summed E-state index contributed by atoms with van der Waals surface area (Å²) in [6.07, 6.45) is 0.241. The van der Waals surface area contributed by atoms with E-state index in [-0.39, 0.29) is 6.10 Å². The second kappa shape index (κ2) is 4.75. The third-order valence-electron chi connectivity index (χ3n) is 1.61. The van der Waals surface area contributed by atoms with E-state index in [4.69, 9.17) is 4.74 Å². The summed E-state index contributed by atoms with van der Waals surface area (Å²) in [4.78, 5) is 0. The van der Waals surface area contributed by atoms with Crippen LogP contribution in [-0.4, -0.2) is 12.6 Å². The molecule has 0 amide bonds. The van der Waals surface area contributed by atoms with Crippen molar-refractivity contribution in [1.82, 2.24) is 0 Å². The van der Waals surface area contributed by atoms with Crippen LogP contribution in [0.2, 0.25) is 0 Å². The van der Waals surface area contributed by atoms with Crippen molar-refractivity contribution >= 4 is 5.69 Å². The highest BCUT2D eigenvalue weighted by Gasteiger charge is 1.96. The van der Waals surface area contributed by atoms with Crippen molar-refractivity contribution in [2.45, 2.75) is 26.9 Å². The average Bonchev–Trinajstić information content (AvgIpc) is 2.08. The first kappa shape index (κ1) is 9.90. The number of nitrogens with one attached hydrogen (secondary N) is 1. The van der Waals surface area contributed by atoms with E-state index < -0.39 is 0 Å². The van der Waals surface area contributed by atoms with Gasteiger partial charge in [0, 0.05) is 12.2 Å². The molecular formula is C11H17NO. The van der Waals surface area contributed by atoms with Crippen LogP contribution in [0.5, 0.6) is 5.75 Å². The third kappa shape index (κ3) is 3.36. The lowest BCUT2D eigenvalue weighted by atomic mass is 10.3. The van der Waals surface area contributed by atoms with Crippen LogP contribution in [0.4, 0.5) is 5.69 Å². The van der Waals surface area contributed by atoms with Gasteiger partial charge in [0.25, 0.3) is 0 Å². The molecule has 0 fully saturated rings. The molecular weight excluding hydrogens is 162 g/mol. The lowest BCUT2D eigenvalue weighted by Gasteiger charge is -2.10. The third-order valence-corrected chi connectivity index (χ3v) is 1.61. The molecule has 1 aromatic rings. The Morgan fingerprint density at radius 2 is 1.85 bits per heavy atom. The first-order valence-corrected chi connectivity index (χ1v) is 4.73. The second-order valence-corrected chi connectivity index (χ2v) is 3.22. The van der Waals surface area contributed by atoms with Crippen LogP contribution in [-0.2, 0) is 0 Å². The highest BCUT2D eigenvalue weighted by Crippen LogP contribution is 2.16. The summed E-state index contributed by atoms with van der Waals surface area (Å²) >= 11 is 0. The summed E-state index contributed by atoms with van der Waals surface area (Å²) in [6.45, 7) is 7.08. The summed E-state index contributed by atoms with van der Waals surface area (Å²) < 4.78 is 5.52. The topological polar surface area (TPSA) is 21.3 Å². The molecule has 72 valence electrons. The lowest BCUT2D eigenvalue weighted by molar-refractivity contribution is 0.242. The molecule has 0 atom stereocenters. The Morgan fingerprint density at radius 3 is 2.31 bits per heavy atom. The standard InChI is InChI=1S/C11H17NO/c1-4-12-10-5-7-11(8-6-10)13-9(2)3/h5-9,12H,4H2,1-3H3. The molecule has 0 bridgehead atoms. The van der Waals surface area contributed by atoms with Crippen LogP contribution >= 0.6 is 0 Å². The number of hydrogen-bond donors (Lipinski definition) is 1. The Bertz CT molecular complexity index is 241. The van der Waals surface area contributed by atoms with E-state index in [9.17, 15) is 0 Å². The molecule has 0 aliphatic heterocycles. The zero-order valence-corrected chi connectivity index (χ0v) is 8.50. The second-order valence-electron chi connectivity index (χ2n) is 3.22. The van der Waals surface area contributed by atoms with Gasteiger partial charge in [-0.15, -0.1) is 0 Å². The maximum absolute atomic E-state index is 5.52. The predicted molar refractivity (Wildman–Crippen MR) is 56.4 cm³/mol. The quantitative estimate of drug-likeness (QED) is 0.767. The molecule has 0 radical (unpaired) electrons. The highest BCUT2D eigenvalue weighted by atomic mass is 16.5. The number of ether oxygens (including phenoxy) is 1. The number of hydrogen-bond acceptors (Lipinski definition) is 2. The Balaban J connectivity index is 2.59. The van der Waals surface area contributed by atoms with Crippen LogP contribution < -0.4 is 10.1 Å². The van der Waals surface area contributed by atoms with Crippen molar-refractivity contribution in [3.05, 3.63) is 24.3 Å². The fourth-order valence-corrected chi connectivity index (χ4v) is 1.13. The molecule has 2 nitrogen and oxygen atoms in total. The SMILES string of the molecule is CCNc1ccc(OC(C)C)cc1. The molecule has 13 heavy (non-hydrogen) atoms. The van der Waals surface area contributed by atoms with Crippen LogP contribution in [0.1, 0.15) is 20.8 Å². The number of anilines is 1. The van der Waals surface area contributed by atoms with E-state index in [0.717, 1.165) is 18.0 Å². The first-order chi connectivity index (χ1) is 6.22. The van der Waals surface area contributed by atoms with E-state index in [0.29, 0.717) is 0 Å². The van der Waals surface area contributed by atoms with Gasteiger partial charge < -0.3 is 10.1 Å². The summed E-state index contributed by atoms with van der Waals surface area (Å²) in [5, 5.41) is 3.23. The number of rotatable bonds is 4. The zero-order chi connectivity index (χ0) is 9.68. The highest BCUT2D eigenvalue weighted by molar-refractivity contribution is 5.46. The molecule has 0 aromatic heterocycles. The maximum Gasteiger partial charge on any atom is 0.119 e. The Hall–Kier alpha value is -1.18. The van der Waals surface area contributed by atoms with Crippen molar-refractivity contribution < 1.29 is 4.74 Å². The van der Waals surface area contributed by atoms with Crippen LogP contribution in [0.25, 0.3) is 0 Å². The van der Waals surface area contributed by atoms with Crippen molar-refractivity contribution in [2.75, 3.05) is 11.9 Å². The predicted octanol–water partition coefficient (Wildman–Crippen LogP) is 2.91. The Kier molecular flexibility index (Phi) is 3.62. The maximum atomic E-state index is 5.52. The molecule has 0 saturated carbocycles. The molecule has 0 spiro atoms. The van der Waals surface area contributed by atoms with Crippen LogP contribution in [0.3, 0.4) is 0 Å². The fraction of sp³-hybridized carbons (Fsp3) is 0.455. The van der Waals surface area contributed by atoms with Crippen molar-refractivity contribution in [2.24, 2.45) is 0 Å². The summed E-state index contributed by atoms with van der Waals surface area (Å²) in [5.74, 6) is 0.927. The molecule has 0 unspecified atom stereocenters. The molecule has 0 saturated heterocycles. The van der Waals surface area contributed by atoms with E-state index in [1.54, 1.807) is 0 Å². The fourth-order valence-electron chi connectivity index (χ4n) is 1.13. The minimum absolute atomic E-state index is 0.241. The van der Waals surface area contributed by atoms with Gasteiger partial charge in [-0.05, 0) is 45.0 Å². The average molecular weight is 179 g/mol. The number of benzene rings is 1. The first-order valence-electron chi connectivity index (χ1n) is 4.73. The van der Waals surface area contributed by atoms with Crippen LogP contribution in [0.15, 0.2) is 24.3 Å². The van der Waals surface area contributed by atoms with E-state index in [2.05, 4.69) is 12.2 Å². The van der Waals surface area contributed by atoms with Gasteiger partial charge in [0.2, 0.25) is 0 Å². The van der Waals surface area contributed by atoms with Gasteiger partial charge in [0.15, 0.2) is 0 Å². The van der Waals surface area contributed by atoms with Gasteiger partial charge in [0.1, 0.15) is 5.75 Å². The molecule has 2 heteroatoms. The smallest absolute Gasteiger partial charge is 0.119 e. The molecule has 1 aromatic carbocycles. The zero-order valence-electron chi connectivity index (χ0n) is 8.50. The van der Waals surface area contributed by atoms with Gasteiger partial charge in [-0.3, -0.25) is 0 Å². The van der Waals surface area contributed by atoms with Gasteiger partial charge in [0.05, 0.1) is 6.10 Å². The Morgan fingerprint density at radius 1 is 1.23 bits per heavy atom. The van der Waals surface area contributed by atoms with E-state index >= 15 is 0 Å². The van der Waals surface area contributed by atoms with Crippen molar-refractivity contribution in [3.8, 4) is 5.75 Å². The molecule has 0 aliphatic rings. The molecule has 1 N–H and O–H groups in total. The van der Waals surface area contributed by atoms with Gasteiger partial charge >= 0.3 is 0 Å². The van der Waals surface area contributed by atoms with Gasteiger partial charge in [-0.1, -0.05) is 0 Å². The van der Waals surface area contributed by atoms with Gasteiger partial charge in [-0.2, -0.15) is 0 Å². The summed E-state index contributed by atoms with van der Waals surface area (Å²) in [7, 11) is 0. The summed E-state index contributed by atoms with van der Waals surface area (Å²) in [5.41, 5.74) is 1.14. The minimum Gasteiger partial charge on any atom is -0.491 e. The molecule has 0 aliphatic carbocycles.